The fourth-order valence-corrected chi connectivity index (χ4v) is 5.28. The van der Waals surface area contributed by atoms with Gasteiger partial charge in [0.2, 0.25) is 7.59 Å². The number of amides is 2. The molecule has 2 atom stereocenters. The van der Waals surface area contributed by atoms with E-state index in [0.29, 0.717) is 15.0 Å². The Morgan fingerprint density at radius 2 is 1.53 bits per heavy atom. The maximum atomic E-state index is 13.8. The zero-order valence-corrected chi connectivity index (χ0v) is 26.4. The van der Waals surface area contributed by atoms with Crippen molar-refractivity contribution in [3.05, 3.63) is 73.7 Å². The van der Waals surface area contributed by atoms with Gasteiger partial charge in [-0.25, -0.2) is 4.39 Å². The lowest BCUT2D eigenvalue weighted by molar-refractivity contribution is -0.139. The molecule has 0 spiro atoms. The quantitative estimate of drug-likeness (QED) is 0.121. The van der Waals surface area contributed by atoms with Crippen LogP contribution in [0, 0.1) is 0 Å². The van der Waals surface area contributed by atoms with Gasteiger partial charge in [-0.1, -0.05) is 50.1 Å². The second kappa shape index (κ2) is 13.1. The van der Waals surface area contributed by atoms with Crippen molar-refractivity contribution < 1.29 is 40.3 Å². The van der Waals surface area contributed by atoms with E-state index in [1.165, 1.54) is 70.3 Å². The van der Waals surface area contributed by atoms with Crippen LogP contribution in [0.15, 0.2) is 51.4 Å². The van der Waals surface area contributed by atoms with Crippen molar-refractivity contribution in [3.63, 3.8) is 0 Å². The molecule has 1 unspecified atom stereocenters. The second-order valence-corrected chi connectivity index (χ2v) is 15.3. The molecule has 0 aliphatic rings. The SMILES string of the molecule is C[C@H](NC(=O)CC(F)(I)I)NC(=O)c1ccc(/C=C/C(c2cc(Br)cc(Br)c2)C(F)(F)F)cc1C(F)(F)F. The Balaban J connectivity index is 2.34. The van der Waals surface area contributed by atoms with E-state index >= 15 is 0 Å². The summed E-state index contributed by atoms with van der Waals surface area (Å²) in [5.74, 6) is -4.09. The molecule has 0 heterocycles. The Hall–Kier alpha value is -0.950. The first-order valence-electron chi connectivity index (χ1n) is 10.4. The summed E-state index contributed by atoms with van der Waals surface area (Å²) in [6, 6.07) is 6.48. The first kappa shape index (κ1) is 33.3. The number of allylic oxidation sites excluding steroid dienone is 1. The van der Waals surface area contributed by atoms with E-state index in [4.69, 9.17) is 0 Å². The van der Waals surface area contributed by atoms with Gasteiger partial charge in [-0.3, -0.25) is 9.59 Å². The van der Waals surface area contributed by atoms with Crippen LogP contribution in [0.1, 0.15) is 46.3 Å². The summed E-state index contributed by atoms with van der Waals surface area (Å²) in [5.41, 5.74) is -2.55. The molecule has 208 valence electrons. The molecular weight excluding hydrogens is 883 g/mol. The molecule has 0 saturated heterocycles. The average Bonchev–Trinajstić information content (AvgIpc) is 2.69. The van der Waals surface area contributed by atoms with Gasteiger partial charge in [-0.2, -0.15) is 26.3 Å². The fraction of sp³-hybridized carbons (Fsp3) is 0.304. The van der Waals surface area contributed by atoms with Gasteiger partial charge >= 0.3 is 12.4 Å². The molecule has 2 aromatic carbocycles. The van der Waals surface area contributed by atoms with Crippen LogP contribution < -0.4 is 10.6 Å². The van der Waals surface area contributed by atoms with Gasteiger partial charge in [0.05, 0.1) is 29.6 Å². The summed E-state index contributed by atoms with van der Waals surface area (Å²) in [5, 5.41) is 4.42. The van der Waals surface area contributed by atoms with E-state index in [9.17, 15) is 40.3 Å². The molecule has 0 aliphatic heterocycles. The molecule has 4 nitrogen and oxygen atoms in total. The number of alkyl halides is 9. The minimum atomic E-state index is -5.02. The van der Waals surface area contributed by atoms with Gasteiger partial charge in [0.1, 0.15) is 0 Å². The van der Waals surface area contributed by atoms with Crippen LogP contribution in [0.25, 0.3) is 6.08 Å². The summed E-state index contributed by atoms with van der Waals surface area (Å²) in [7, 11) is 0. The van der Waals surface area contributed by atoms with Gasteiger partial charge in [0, 0.05) is 8.95 Å². The van der Waals surface area contributed by atoms with Crippen molar-refractivity contribution in [1.29, 1.82) is 0 Å². The number of hydrogen-bond acceptors (Lipinski definition) is 2. The zero-order valence-electron chi connectivity index (χ0n) is 19.0. The summed E-state index contributed by atoms with van der Waals surface area (Å²) in [4.78, 5) is 24.3. The van der Waals surface area contributed by atoms with Crippen molar-refractivity contribution in [2.75, 3.05) is 0 Å². The molecule has 2 rings (SSSR count). The Morgan fingerprint density at radius 1 is 0.947 bits per heavy atom. The molecule has 2 aromatic rings. The predicted molar refractivity (Wildman–Crippen MR) is 153 cm³/mol. The van der Waals surface area contributed by atoms with Crippen LogP contribution in [0.3, 0.4) is 0 Å². The smallest absolute Gasteiger partial charge is 0.336 e. The third-order valence-electron chi connectivity index (χ3n) is 4.76. The highest BCUT2D eigenvalue weighted by Crippen LogP contribution is 2.39. The standard InChI is InChI=1S/C23H17Br2F7I2N2O2/c1-11(35-19(37)10-21(26,33)34)36-20(38)16-4-2-12(6-18(16)23(30,31)32)3-5-17(22(27,28)29)13-7-14(24)9-15(25)8-13/h2-9,11,17H,10H2,1H3,(H,35,37)(H,36,38)/b5-3+/t11-,17?/m1/s1. The molecule has 2 N–H and O–H groups in total. The van der Waals surface area contributed by atoms with E-state index in [-0.39, 0.29) is 11.1 Å². The molecule has 0 aromatic heterocycles. The van der Waals surface area contributed by atoms with Crippen molar-refractivity contribution >= 4 is 94.9 Å². The molecule has 0 radical (unpaired) electrons. The minimum absolute atomic E-state index is 0.145. The van der Waals surface area contributed by atoms with Crippen molar-refractivity contribution in [3.8, 4) is 0 Å². The van der Waals surface area contributed by atoms with Crippen LogP contribution in [-0.4, -0.2) is 25.8 Å². The number of carbonyl (C=O) groups is 2. The second-order valence-electron chi connectivity index (χ2n) is 7.94. The lowest BCUT2D eigenvalue weighted by Gasteiger charge is -2.20. The number of carbonyl (C=O) groups excluding carboxylic acids is 2. The lowest BCUT2D eigenvalue weighted by atomic mass is 9.96. The lowest BCUT2D eigenvalue weighted by Crippen LogP contribution is -2.46. The number of halogens is 11. The molecule has 0 fully saturated rings. The first-order valence-corrected chi connectivity index (χ1v) is 14.1. The summed E-state index contributed by atoms with van der Waals surface area (Å²) in [6.45, 7) is 1.28. The van der Waals surface area contributed by atoms with E-state index < -0.39 is 55.5 Å². The largest absolute Gasteiger partial charge is 0.417 e. The Labute approximate surface area is 257 Å². The monoisotopic (exact) mass is 898 g/mol. The maximum Gasteiger partial charge on any atom is 0.417 e. The minimum Gasteiger partial charge on any atom is -0.336 e. The molecule has 0 saturated carbocycles. The summed E-state index contributed by atoms with van der Waals surface area (Å²) >= 11 is 9.00. The van der Waals surface area contributed by atoms with Crippen LogP contribution in [0.2, 0.25) is 0 Å². The number of benzene rings is 2. The Bertz CT molecular complexity index is 1200. The number of rotatable bonds is 8. The van der Waals surface area contributed by atoms with Gasteiger partial charge in [-0.15, -0.1) is 0 Å². The molecule has 15 heteroatoms. The molecule has 2 amide bonds. The van der Waals surface area contributed by atoms with Crippen molar-refractivity contribution in [1.82, 2.24) is 10.6 Å². The average molecular weight is 900 g/mol. The zero-order chi connectivity index (χ0) is 29.1. The van der Waals surface area contributed by atoms with Gasteiger partial charge in [-0.05, 0) is 93.6 Å². The van der Waals surface area contributed by atoms with Crippen LogP contribution >= 0.6 is 77.0 Å². The van der Waals surface area contributed by atoms with E-state index in [0.717, 1.165) is 24.3 Å². The third-order valence-corrected chi connectivity index (χ3v) is 6.44. The van der Waals surface area contributed by atoms with E-state index in [2.05, 4.69) is 42.5 Å². The highest BCUT2D eigenvalue weighted by atomic mass is 127. The summed E-state index contributed by atoms with van der Waals surface area (Å²) < 4.78 is 94.9. The highest BCUT2D eigenvalue weighted by Gasteiger charge is 2.39. The third kappa shape index (κ3) is 10.6. The van der Waals surface area contributed by atoms with Gasteiger partial charge in [0.25, 0.3) is 5.91 Å². The molecular formula is C23H17Br2F7I2N2O2. The van der Waals surface area contributed by atoms with E-state index in [1.54, 1.807) is 0 Å². The normalized spacial score (nSPS) is 14.3. The van der Waals surface area contributed by atoms with Crippen LogP contribution in [0.4, 0.5) is 30.7 Å². The first-order chi connectivity index (χ1) is 17.3. The molecule has 0 aliphatic carbocycles. The topological polar surface area (TPSA) is 58.2 Å². The van der Waals surface area contributed by atoms with Crippen LogP contribution in [-0.2, 0) is 11.0 Å². The predicted octanol–water partition coefficient (Wildman–Crippen LogP) is 8.67. The van der Waals surface area contributed by atoms with Crippen molar-refractivity contribution in [2.24, 2.45) is 0 Å². The number of hydrogen-bond donors (Lipinski definition) is 2. The van der Waals surface area contributed by atoms with E-state index in [1.807, 2.05) is 0 Å². The highest BCUT2D eigenvalue weighted by molar-refractivity contribution is 14.2. The number of nitrogens with one attached hydrogen (secondary N) is 2. The van der Waals surface area contributed by atoms with Gasteiger partial charge in [0.15, 0.2) is 0 Å². The fourth-order valence-electron chi connectivity index (χ4n) is 3.25. The van der Waals surface area contributed by atoms with Crippen LogP contribution in [0.5, 0.6) is 0 Å². The maximum absolute atomic E-state index is 13.8. The Morgan fingerprint density at radius 3 is 2.03 bits per heavy atom. The van der Waals surface area contributed by atoms with Crippen molar-refractivity contribution in [2.45, 2.75) is 39.5 Å². The molecule has 38 heavy (non-hydrogen) atoms. The Kier molecular flexibility index (Phi) is 11.5. The molecule has 0 bridgehead atoms. The van der Waals surface area contributed by atoms with Gasteiger partial charge < -0.3 is 10.6 Å². The summed E-state index contributed by atoms with van der Waals surface area (Å²) in [6.07, 6.45) is -9.82.